The van der Waals surface area contributed by atoms with Gasteiger partial charge in [-0.05, 0) is 12.1 Å². The van der Waals surface area contributed by atoms with Gasteiger partial charge in [0.2, 0.25) is 0 Å². The highest BCUT2D eigenvalue weighted by molar-refractivity contribution is 6.30. The van der Waals surface area contributed by atoms with Crippen molar-refractivity contribution in [2.45, 2.75) is 0 Å². The Kier molecular flexibility index (Phi) is 2.39. The van der Waals surface area contributed by atoms with Crippen LogP contribution in [0.25, 0.3) is 5.69 Å². The number of pyridine rings is 1. The SMILES string of the molecule is O=C(O)c1ccn(-c2cncc(Cl)c2)n1. The van der Waals surface area contributed by atoms with Gasteiger partial charge in [0.1, 0.15) is 0 Å². The van der Waals surface area contributed by atoms with Crippen LogP contribution in [0.3, 0.4) is 0 Å². The molecule has 0 atom stereocenters. The number of carbonyl (C=O) groups is 1. The summed E-state index contributed by atoms with van der Waals surface area (Å²) in [4.78, 5) is 14.5. The molecule has 0 aliphatic heterocycles. The lowest BCUT2D eigenvalue weighted by molar-refractivity contribution is 0.0690. The van der Waals surface area contributed by atoms with E-state index in [1.165, 1.54) is 23.1 Å². The molecule has 15 heavy (non-hydrogen) atoms. The van der Waals surface area contributed by atoms with Gasteiger partial charge >= 0.3 is 5.97 Å². The van der Waals surface area contributed by atoms with Crippen LogP contribution in [0.15, 0.2) is 30.7 Å². The number of halogens is 1. The molecule has 0 aromatic carbocycles. The lowest BCUT2D eigenvalue weighted by atomic mass is 10.4. The fraction of sp³-hybridized carbons (Fsp3) is 0. The highest BCUT2D eigenvalue weighted by atomic mass is 35.5. The van der Waals surface area contributed by atoms with E-state index < -0.39 is 5.97 Å². The average Bonchev–Trinajstić information content (AvgIpc) is 2.66. The Morgan fingerprint density at radius 2 is 2.27 bits per heavy atom. The van der Waals surface area contributed by atoms with Crippen LogP contribution in [0.5, 0.6) is 0 Å². The van der Waals surface area contributed by atoms with Crippen LogP contribution in [0.4, 0.5) is 0 Å². The average molecular weight is 224 g/mol. The number of aromatic nitrogens is 3. The zero-order valence-electron chi connectivity index (χ0n) is 7.46. The van der Waals surface area contributed by atoms with Crippen LogP contribution in [-0.2, 0) is 0 Å². The fourth-order valence-corrected chi connectivity index (χ4v) is 1.28. The smallest absolute Gasteiger partial charge is 0.356 e. The summed E-state index contributed by atoms with van der Waals surface area (Å²) >= 11 is 5.74. The minimum Gasteiger partial charge on any atom is -0.476 e. The monoisotopic (exact) mass is 223 g/mol. The predicted octanol–water partition coefficient (Wildman–Crippen LogP) is 1.62. The molecule has 76 valence electrons. The second kappa shape index (κ2) is 3.70. The summed E-state index contributed by atoms with van der Waals surface area (Å²) in [7, 11) is 0. The summed E-state index contributed by atoms with van der Waals surface area (Å²) in [5.41, 5.74) is 0.602. The quantitative estimate of drug-likeness (QED) is 0.840. The fourth-order valence-electron chi connectivity index (χ4n) is 1.11. The van der Waals surface area contributed by atoms with E-state index in [1.54, 1.807) is 12.3 Å². The number of carboxylic acid groups (broad SMARTS) is 1. The van der Waals surface area contributed by atoms with Crippen molar-refractivity contribution in [3.63, 3.8) is 0 Å². The van der Waals surface area contributed by atoms with E-state index in [9.17, 15) is 4.79 Å². The van der Waals surface area contributed by atoms with Gasteiger partial charge < -0.3 is 5.11 Å². The van der Waals surface area contributed by atoms with Crippen LogP contribution in [0.1, 0.15) is 10.5 Å². The van der Waals surface area contributed by atoms with Crippen molar-refractivity contribution in [1.29, 1.82) is 0 Å². The van der Waals surface area contributed by atoms with Crippen molar-refractivity contribution in [3.8, 4) is 5.69 Å². The van der Waals surface area contributed by atoms with Gasteiger partial charge in [-0.3, -0.25) is 4.98 Å². The second-order valence-electron chi connectivity index (χ2n) is 2.81. The molecule has 0 aliphatic rings. The van der Waals surface area contributed by atoms with Gasteiger partial charge in [0.05, 0.1) is 16.9 Å². The van der Waals surface area contributed by atoms with Crippen molar-refractivity contribution in [1.82, 2.24) is 14.8 Å². The van der Waals surface area contributed by atoms with Crippen LogP contribution in [0.2, 0.25) is 5.02 Å². The Labute approximate surface area is 89.9 Å². The third-order valence-electron chi connectivity index (χ3n) is 1.76. The first kappa shape index (κ1) is 9.67. The third-order valence-corrected chi connectivity index (χ3v) is 1.97. The Bertz CT molecular complexity index is 510. The summed E-state index contributed by atoms with van der Waals surface area (Å²) in [6.07, 6.45) is 4.58. The summed E-state index contributed by atoms with van der Waals surface area (Å²) in [6.45, 7) is 0. The van der Waals surface area contributed by atoms with E-state index in [4.69, 9.17) is 16.7 Å². The van der Waals surface area contributed by atoms with E-state index in [-0.39, 0.29) is 5.69 Å². The Morgan fingerprint density at radius 3 is 2.87 bits per heavy atom. The molecule has 5 nitrogen and oxygen atoms in total. The maximum atomic E-state index is 10.6. The topological polar surface area (TPSA) is 68.0 Å². The van der Waals surface area contributed by atoms with Crippen molar-refractivity contribution in [3.05, 3.63) is 41.4 Å². The van der Waals surface area contributed by atoms with Gasteiger partial charge in [-0.15, -0.1) is 0 Å². The molecule has 2 heterocycles. The van der Waals surface area contributed by atoms with Gasteiger partial charge in [-0.2, -0.15) is 5.10 Å². The van der Waals surface area contributed by atoms with Crippen molar-refractivity contribution in [2.75, 3.05) is 0 Å². The number of rotatable bonds is 2. The number of hydrogen-bond acceptors (Lipinski definition) is 3. The first-order valence-electron chi connectivity index (χ1n) is 4.07. The molecule has 2 rings (SSSR count). The molecule has 6 heteroatoms. The molecule has 0 amide bonds. The van der Waals surface area contributed by atoms with Crippen LogP contribution in [-0.4, -0.2) is 25.8 Å². The van der Waals surface area contributed by atoms with Gasteiger partial charge in [0, 0.05) is 12.4 Å². The number of nitrogens with zero attached hydrogens (tertiary/aromatic N) is 3. The third kappa shape index (κ3) is 1.97. The van der Waals surface area contributed by atoms with Crippen molar-refractivity contribution in [2.24, 2.45) is 0 Å². The molecular formula is C9H6ClN3O2. The number of aromatic carboxylic acids is 1. The van der Waals surface area contributed by atoms with Crippen molar-refractivity contribution >= 4 is 17.6 Å². The molecule has 1 N–H and O–H groups in total. The molecule has 0 unspecified atom stereocenters. The minimum atomic E-state index is -1.07. The van der Waals surface area contributed by atoms with E-state index in [0.717, 1.165) is 0 Å². The summed E-state index contributed by atoms with van der Waals surface area (Å²) < 4.78 is 1.41. The molecule has 0 saturated carbocycles. The molecule has 0 spiro atoms. The maximum absolute atomic E-state index is 10.6. The normalized spacial score (nSPS) is 10.2. The zero-order chi connectivity index (χ0) is 10.8. The summed E-state index contributed by atoms with van der Waals surface area (Å²) in [6, 6.07) is 3.05. The van der Waals surface area contributed by atoms with Gasteiger partial charge in [-0.1, -0.05) is 11.6 Å². The van der Waals surface area contributed by atoms with Crippen molar-refractivity contribution < 1.29 is 9.90 Å². The van der Waals surface area contributed by atoms with E-state index >= 15 is 0 Å². The van der Waals surface area contributed by atoms with E-state index in [1.807, 2.05) is 0 Å². The van der Waals surface area contributed by atoms with E-state index in [0.29, 0.717) is 10.7 Å². The Hall–Kier alpha value is -1.88. The zero-order valence-corrected chi connectivity index (χ0v) is 8.22. The second-order valence-corrected chi connectivity index (χ2v) is 3.25. The summed E-state index contributed by atoms with van der Waals surface area (Å²) in [5.74, 6) is -1.07. The Morgan fingerprint density at radius 1 is 1.47 bits per heavy atom. The molecule has 0 saturated heterocycles. The maximum Gasteiger partial charge on any atom is 0.356 e. The van der Waals surface area contributed by atoms with Gasteiger partial charge in [0.25, 0.3) is 0 Å². The lowest BCUT2D eigenvalue weighted by Crippen LogP contribution is -2.01. The lowest BCUT2D eigenvalue weighted by Gasteiger charge is -1.99. The Balaban J connectivity index is 2.41. The molecule has 2 aromatic heterocycles. The van der Waals surface area contributed by atoms with Crippen LogP contribution < -0.4 is 0 Å². The first-order chi connectivity index (χ1) is 7.16. The van der Waals surface area contributed by atoms with E-state index in [2.05, 4.69) is 10.1 Å². The number of hydrogen-bond donors (Lipinski definition) is 1. The highest BCUT2D eigenvalue weighted by Gasteiger charge is 2.07. The van der Waals surface area contributed by atoms with Crippen LogP contribution >= 0.6 is 11.6 Å². The number of carboxylic acids is 1. The van der Waals surface area contributed by atoms with Gasteiger partial charge in [0.15, 0.2) is 5.69 Å². The predicted molar refractivity (Wildman–Crippen MR) is 53.3 cm³/mol. The molecule has 0 radical (unpaired) electrons. The standard InChI is InChI=1S/C9H6ClN3O2/c10-6-3-7(5-11-4-6)13-2-1-8(12-13)9(14)15/h1-5H,(H,14,15). The summed E-state index contributed by atoms with van der Waals surface area (Å²) in [5, 5.41) is 13.0. The molecule has 2 aromatic rings. The van der Waals surface area contributed by atoms with Crippen LogP contribution in [0, 0.1) is 0 Å². The minimum absolute atomic E-state index is 0.0185. The molecule has 0 aliphatic carbocycles. The largest absolute Gasteiger partial charge is 0.476 e. The molecular weight excluding hydrogens is 218 g/mol. The molecule has 0 bridgehead atoms. The van der Waals surface area contributed by atoms with Gasteiger partial charge in [-0.25, -0.2) is 9.48 Å². The highest BCUT2D eigenvalue weighted by Crippen LogP contribution is 2.12. The molecule has 0 fully saturated rings. The first-order valence-corrected chi connectivity index (χ1v) is 4.44.